The summed E-state index contributed by atoms with van der Waals surface area (Å²) in [5, 5.41) is 0. The summed E-state index contributed by atoms with van der Waals surface area (Å²) >= 11 is 1.72. The Labute approximate surface area is 165 Å². The molecule has 1 aromatic heterocycles. The van der Waals surface area contributed by atoms with Crippen molar-refractivity contribution in [3.8, 4) is 0 Å². The molecule has 27 heavy (non-hydrogen) atoms. The van der Waals surface area contributed by atoms with E-state index in [9.17, 15) is 9.59 Å². The Bertz CT molecular complexity index is 820. The predicted octanol–water partition coefficient (Wildman–Crippen LogP) is 3.76. The fourth-order valence-electron chi connectivity index (χ4n) is 3.86. The van der Waals surface area contributed by atoms with E-state index in [1.165, 1.54) is 15.8 Å². The minimum Gasteiger partial charge on any atom is -0.340 e. The molecule has 0 spiro atoms. The Hall–Kier alpha value is -2.40. The number of amides is 2. The van der Waals surface area contributed by atoms with Crippen LogP contribution in [-0.4, -0.2) is 41.8 Å². The smallest absolute Gasteiger partial charge is 0.245 e. The summed E-state index contributed by atoms with van der Waals surface area (Å²) in [7, 11) is 1.88. The lowest BCUT2D eigenvalue weighted by Crippen LogP contribution is -2.52. The van der Waals surface area contributed by atoms with Crippen LogP contribution in [0.3, 0.4) is 0 Å². The average molecular weight is 383 g/mol. The largest absolute Gasteiger partial charge is 0.340 e. The molecule has 0 bridgehead atoms. The van der Waals surface area contributed by atoms with E-state index in [0.29, 0.717) is 32.5 Å². The van der Waals surface area contributed by atoms with Crippen molar-refractivity contribution >= 4 is 23.2 Å². The number of carbonyl (C=O) groups is 2. The van der Waals surface area contributed by atoms with Gasteiger partial charge in [0.2, 0.25) is 11.8 Å². The number of nitrogens with zero attached hydrogens (tertiary/aromatic N) is 2. The van der Waals surface area contributed by atoms with Crippen LogP contribution in [0.25, 0.3) is 0 Å². The highest BCUT2D eigenvalue weighted by Crippen LogP contribution is 2.38. The molecule has 0 N–H and O–H groups in total. The molecule has 5 heteroatoms. The van der Waals surface area contributed by atoms with Crippen LogP contribution in [-0.2, 0) is 21.5 Å². The average Bonchev–Trinajstić information content (AvgIpc) is 3.12. The Morgan fingerprint density at radius 1 is 1.19 bits per heavy atom. The lowest BCUT2D eigenvalue weighted by molar-refractivity contribution is -0.141. The van der Waals surface area contributed by atoms with E-state index in [-0.39, 0.29) is 11.8 Å². The molecule has 0 aliphatic carbocycles. The highest BCUT2D eigenvalue weighted by atomic mass is 32.1. The number of likely N-dealkylation sites (tertiary alicyclic amines) is 1. The molecular weight excluding hydrogens is 356 g/mol. The summed E-state index contributed by atoms with van der Waals surface area (Å²) in [4.78, 5) is 31.6. The van der Waals surface area contributed by atoms with E-state index in [2.05, 4.69) is 25.6 Å². The van der Waals surface area contributed by atoms with Crippen molar-refractivity contribution in [2.24, 2.45) is 0 Å². The number of carbonyl (C=O) groups excluding carboxylic acids is 2. The van der Waals surface area contributed by atoms with Crippen molar-refractivity contribution in [2.45, 2.75) is 31.7 Å². The van der Waals surface area contributed by atoms with Crippen molar-refractivity contribution in [3.05, 3.63) is 70.4 Å². The van der Waals surface area contributed by atoms with Crippen LogP contribution in [0.4, 0.5) is 0 Å². The van der Waals surface area contributed by atoms with Gasteiger partial charge < -0.3 is 9.80 Å². The first-order valence-electron chi connectivity index (χ1n) is 9.24. The third-order valence-corrected chi connectivity index (χ3v) is 6.36. The molecule has 4 nitrogen and oxygen atoms in total. The van der Waals surface area contributed by atoms with Crippen LogP contribution in [0.2, 0.25) is 0 Å². The Balaban J connectivity index is 1.85. The van der Waals surface area contributed by atoms with E-state index < -0.39 is 5.41 Å². The zero-order chi connectivity index (χ0) is 19.4. The highest BCUT2D eigenvalue weighted by molar-refractivity contribution is 7.11. The first kappa shape index (κ1) is 19.4. The van der Waals surface area contributed by atoms with Crippen molar-refractivity contribution in [1.29, 1.82) is 0 Å². The highest BCUT2D eigenvalue weighted by Gasteiger charge is 2.44. The molecular formula is C22H26N2O2S. The lowest BCUT2D eigenvalue weighted by Gasteiger charge is -2.42. The number of thiophene rings is 1. The molecule has 0 saturated carbocycles. The van der Waals surface area contributed by atoms with E-state index in [1.54, 1.807) is 16.2 Å². The summed E-state index contributed by atoms with van der Waals surface area (Å²) in [5.74, 6) is 0.0666. The molecule has 3 rings (SSSR count). The standard InChI is InChI=1S/C22H26N2O2S/c1-4-20(25)24-14-12-22(13-15-24,18-8-6-5-7-9-18)21(26)23(3)16-19-11-10-17(2)27-19/h4-11H,1,12-16H2,2-3H3. The van der Waals surface area contributed by atoms with Crippen molar-refractivity contribution in [1.82, 2.24) is 9.80 Å². The number of piperidine rings is 1. The third-order valence-electron chi connectivity index (χ3n) is 5.37. The zero-order valence-electron chi connectivity index (χ0n) is 16.0. The summed E-state index contributed by atoms with van der Waals surface area (Å²) in [6.45, 7) is 7.40. The fraction of sp³-hybridized carbons (Fsp3) is 0.364. The molecule has 2 heterocycles. The van der Waals surface area contributed by atoms with Crippen LogP contribution < -0.4 is 0 Å². The predicted molar refractivity (Wildman–Crippen MR) is 110 cm³/mol. The molecule has 1 fully saturated rings. The molecule has 1 aliphatic rings. The maximum Gasteiger partial charge on any atom is 0.245 e. The molecule has 2 aromatic rings. The second-order valence-corrected chi connectivity index (χ2v) is 8.52. The molecule has 0 atom stereocenters. The Morgan fingerprint density at radius 2 is 1.85 bits per heavy atom. The molecule has 142 valence electrons. The van der Waals surface area contributed by atoms with Crippen molar-refractivity contribution in [2.75, 3.05) is 20.1 Å². The number of hydrogen-bond donors (Lipinski definition) is 0. The summed E-state index contributed by atoms with van der Waals surface area (Å²) in [6, 6.07) is 14.2. The molecule has 1 aliphatic heterocycles. The maximum absolute atomic E-state index is 13.6. The van der Waals surface area contributed by atoms with E-state index in [0.717, 1.165) is 5.56 Å². The summed E-state index contributed by atoms with van der Waals surface area (Å²) < 4.78 is 0. The van der Waals surface area contributed by atoms with Crippen LogP contribution in [0.15, 0.2) is 55.1 Å². The van der Waals surface area contributed by atoms with Crippen LogP contribution >= 0.6 is 11.3 Å². The molecule has 1 aromatic carbocycles. The van der Waals surface area contributed by atoms with E-state index in [4.69, 9.17) is 0 Å². The van der Waals surface area contributed by atoms with Gasteiger partial charge in [0.1, 0.15) is 0 Å². The van der Waals surface area contributed by atoms with Crippen LogP contribution in [0, 0.1) is 6.92 Å². The van der Waals surface area contributed by atoms with E-state index in [1.807, 2.05) is 42.3 Å². The Kier molecular flexibility index (Phi) is 5.80. The molecule has 0 radical (unpaired) electrons. The topological polar surface area (TPSA) is 40.6 Å². The number of likely N-dealkylation sites (N-methyl/N-ethyl adjacent to an activating group) is 1. The first-order valence-corrected chi connectivity index (χ1v) is 10.1. The van der Waals surface area contributed by atoms with Gasteiger partial charge in [-0.2, -0.15) is 0 Å². The van der Waals surface area contributed by atoms with Gasteiger partial charge in [0.25, 0.3) is 0 Å². The normalized spacial score (nSPS) is 16.0. The number of hydrogen-bond acceptors (Lipinski definition) is 3. The molecule has 2 amide bonds. The summed E-state index contributed by atoms with van der Waals surface area (Å²) in [5.41, 5.74) is 0.454. The quantitative estimate of drug-likeness (QED) is 0.739. The molecule has 1 saturated heterocycles. The zero-order valence-corrected chi connectivity index (χ0v) is 16.8. The van der Waals surface area contributed by atoms with Crippen LogP contribution in [0.5, 0.6) is 0 Å². The van der Waals surface area contributed by atoms with Crippen molar-refractivity contribution in [3.63, 3.8) is 0 Å². The number of rotatable bonds is 5. The van der Waals surface area contributed by atoms with Gasteiger partial charge in [0.05, 0.1) is 12.0 Å². The maximum atomic E-state index is 13.6. The summed E-state index contributed by atoms with van der Waals surface area (Å²) in [6.07, 6.45) is 2.61. The second-order valence-electron chi connectivity index (χ2n) is 7.15. The number of aryl methyl sites for hydroxylation is 1. The number of benzene rings is 1. The van der Waals surface area contributed by atoms with Gasteiger partial charge in [-0.15, -0.1) is 11.3 Å². The van der Waals surface area contributed by atoms with E-state index >= 15 is 0 Å². The van der Waals surface area contributed by atoms with Gasteiger partial charge in [-0.05, 0) is 43.5 Å². The fourth-order valence-corrected chi connectivity index (χ4v) is 4.81. The van der Waals surface area contributed by atoms with Gasteiger partial charge in [-0.1, -0.05) is 36.9 Å². The van der Waals surface area contributed by atoms with Crippen molar-refractivity contribution < 1.29 is 9.59 Å². The van der Waals surface area contributed by atoms with Gasteiger partial charge >= 0.3 is 0 Å². The third kappa shape index (κ3) is 3.98. The molecule has 0 unspecified atom stereocenters. The minimum absolute atomic E-state index is 0.0634. The Morgan fingerprint density at radius 3 is 2.41 bits per heavy atom. The monoisotopic (exact) mass is 382 g/mol. The van der Waals surface area contributed by atoms with Gasteiger partial charge in [-0.25, -0.2) is 0 Å². The SMILES string of the molecule is C=CC(=O)N1CCC(C(=O)N(C)Cc2ccc(C)s2)(c2ccccc2)CC1. The van der Waals surface area contributed by atoms with Gasteiger partial charge in [-0.3, -0.25) is 9.59 Å². The second kappa shape index (κ2) is 8.09. The van der Waals surface area contributed by atoms with Gasteiger partial charge in [0, 0.05) is 29.9 Å². The minimum atomic E-state index is -0.583. The van der Waals surface area contributed by atoms with Gasteiger partial charge in [0.15, 0.2) is 0 Å². The van der Waals surface area contributed by atoms with Crippen LogP contribution in [0.1, 0.15) is 28.2 Å². The lowest BCUT2D eigenvalue weighted by atomic mass is 9.71. The first-order chi connectivity index (χ1) is 13.0.